The van der Waals surface area contributed by atoms with Crippen LogP contribution in [0.15, 0.2) is 22.7 Å². The third-order valence-electron chi connectivity index (χ3n) is 5.98. The van der Waals surface area contributed by atoms with Gasteiger partial charge in [0.15, 0.2) is 0 Å². The van der Waals surface area contributed by atoms with Gasteiger partial charge < -0.3 is 9.57 Å². The quantitative estimate of drug-likeness (QED) is 0.810. The first-order valence-corrected chi connectivity index (χ1v) is 9.06. The summed E-state index contributed by atoms with van der Waals surface area (Å²) in [5.41, 5.74) is 2.23. The van der Waals surface area contributed by atoms with Gasteiger partial charge in [0.2, 0.25) is 0 Å². The van der Waals surface area contributed by atoms with E-state index in [4.69, 9.17) is 15.5 Å². The van der Waals surface area contributed by atoms with Crippen LogP contribution >= 0.6 is 15.9 Å². The van der Waals surface area contributed by atoms with Gasteiger partial charge in [0.05, 0.1) is 12.0 Å². The lowest BCUT2D eigenvalue weighted by Crippen LogP contribution is -2.45. The van der Waals surface area contributed by atoms with Gasteiger partial charge in [0.1, 0.15) is 0 Å². The molecule has 0 saturated heterocycles. The van der Waals surface area contributed by atoms with E-state index in [1.807, 2.05) is 6.07 Å². The summed E-state index contributed by atoms with van der Waals surface area (Å²) in [5, 5.41) is 0. The van der Waals surface area contributed by atoms with E-state index in [0.29, 0.717) is 5.92 Å². The molecule has 0 aliphatic heterocycles. The van der Waals surface area contributed by atoms with Crippen LogP contribution in [0.25, 0.3) is 0 Å². The average Bonchev–Trinajstić information content (AvgIpc) is 2.88. The largest absolute Gasteiger partial charge is 0.381 e. The van der Waals surface area contributed by atoms with E-state index in [1.54, 1.807) is 7.11 Å². The molecule has 2 aliphatic carbocycles. The molecule has 5 heteroatoms. The minimum Gasteiger partial charge on any atom is -0.381 e. The van der Waals surface area contributed by atoms with Crippen LogP contribution in [0, 0.1) is 11.3 Å². The van der Waals surface area contributed by atoms with Crippen molar-refractivity contribution >= 4 is 21.9 Å². The van der Waals surface area contributed by atoms with Crippen LogP contribution in [-0.2, 0) is 20.8 Å². The maximum Gasteiger partial charge on any atom is 0.332 e. The number of carbonyl (C=O) groups excluding carboxylic acids is 1. The molecule has 1 aromatic carbocycles. The summed E-state index contributed by atoms with van der Waals surface area (Å²) in [7, 11) is 1.78. The zero-order valence-corrected chi connectivity index (χ0v) is 15.3. The second kappa shape index (κ2) is 6.54. The summed E-state index contributed by atoms with van der Waals surface area (Å²) < 4.78 is 6.58. The number of hydrogen-bond acceptors (Lipinski definition) is 4. The number of benzene rings is 1. The number of carbonyl (C=O) groups is 1. The van der Waals surface area contributed by atoms with Crippen LogP contribution in [0.3, 0.4) is 0 Å². The average molecular weight is 382 g/mol. The van der Waals surface area contributed by atoms with E-state index in [0.717, 1.165) is 42.1 Å². The number of fused-ring (bicyclic) bond motifs is 1. The molecule has 23 heavy (non-hydrogen) atoms. The number of halogens is 1. The van der Waals surface area contributed by atoms with Crippen LogP contribution in [0.5, 0.6) is 0 Å². The lowest BCUT2D eigenvalue weighted by atomic mass is 9.58. The molecule has 4 atom stereocenters. The van der Waals surface area contributed by atoms with Crippen LogP contribution in [0.1, 0.15) is 49.7 Å². The number of rotatable bonds is 3. The summed E-state index contributed by atoms with van der Waals surface area (Å²) in [6.45, 7) is 2.20. The fourth-order valence-corrected chi connectivity index (χ4v) is 5.27. The van der Waals surface area contributed by atoms with E-state index in [9.17, 15) is 4.79 Å². The maximum atomic E-state index is 12.6. The molecule has 0 amide bonds. The fraction of sp³-hybridized carbons (Fsp3) is 0.611. The zero-order valence-electron chi connectivity index (χ0n) is 13.7. The summed E-state index contributed by atoms with van der Waals surface area (Å²) in [6.07, 6.45) is 5.19. The van der Waals surface area contributed by atoms with Crippen molar-refractivity contribution in [2.75, 3.05) is 7.11 Å². The first-order valence-electron chi connectivity index (χ1n) is 8.27. The molecule has 0 heterocycles. The second-order valence-corrected chi connectivity index (χ2v) is 7.78. The Kier molecular flexibility index (Phi) is 4.81. The monoisotopic (exact) mass is 381 g/mol. The molecule has 1 spiro atoms. The van der Waals surface area contributed by atoms with Gasteiger partial charge in [-0.15, -0.1) is 0 Å². The highest BCUT2D eigenvalue weighted by molar-refractivity contribution is 9.10. The van der Waals surface area contributed by atoms with E-state index in [-0.39, 0.29) is 23.4 Å². The Morgan fingerprint density at radius 3 is 2.91 bits per heavy atom. The van der Waals surface area contributed by atoms with Gasteiger partial charge in [-0.05, 0) is 60.3 Å². The van der Waals surface area contributed by atoms with Gasteiger partial charge in [-0.2, -0.15) is 5.90 Å². The molecule has 0 radical (unpaired) electrons. The molecule has 1 fully saturated rings. The van der Waals surface area contributed by atoms with Crippen molar-refractivity contribution in [3.63, 3.8) is 0 Å². The molecule has 4 nitrogen and oxygen atoms in total. The molecule has 2 aliphatic rings. The summed E-state index contributed by atoms with van der Waals surface area (Å²) in [6, 6.07) is 6.23. The number of nitrogens with two attached hydrogens (primary N) is 1. The summed E-state index contributed by atoms with van der Waals surface area (Å²) >= 11 is 3.53. The number of ether oxygens (including phenoxy) is 1. The van der Waals surface area contributed by atoms with Crippen LogP contribution in [0.4, 0.5) is 0 Å². The van der Waals surface area contributed by atoms with Crippen molar-refractivity contribution in [3.8, 4) is 0 Å². The molecule has 0 aromatic heterocycles. The Morgan fingerprint density at radius 1 is 1.48 bits per heavy atom. The molecule has 2 unspecified atom stereocenters. The van der Waals surface area contributed by atoms with Crippen LogP contribution < -0.4 is 5.90 Å². The minimum atomic E-state index is -0.309. The molecule has 2 N–H and O–H groups in total. The van der Waals surface area contributed by atoms with E-state index >= 15 is 0 Å². The second-order valence-electron chi connectivity index (χ2n) is 6.86. The predicted octanol–water partition coefficient (Wildman–Crippen LogP) is 3.72. The Bertz CT molecular complexity index is 606. The zero-order chi connectivity index (χ0) is 16.6. The van der Waals surface area contributed by atoms with Crippen molar-refractivity contribution in [1.82, 2.24) is 0 Å². The van der Waals surface area contributed by atoms with Crippen molar-refractivity contribution in [2.45, 2.75) is 51.0 Å². The summed E-state index contributed by atoms with van der Waals surface area (Å²) in [5.74, 6) is 5.13. The van der Waals surface area contributed by atoms with Gasteiger partial charge in [-0.3, -0.25) is 0 Å². The molecular formula is C18H24BrNO3. The highest BCUT2D eigenvalue weighted by atomic mass is 79.9. The van der Waals surface area contributed by atoms with Crippen LogP contribution in [0.2, 0.25) is 0 Å². The first kappa shape index (κ1) is 16.9. The molecule has 126 valence electrons. The highest BCUT2D eigenvalue weighted by Crippen LogP contribution is 2.59. The van der Waals surface area contributed by atoms with E-state index in [1.165, 1.54) is 5.56 Å². The maximum absolute atomic E-state index is 12.6. The number of hydrogen-bond donors (Lipinski definition) is 1. The van der Waals surface area contributed by atoms with E-state index in [2.05, 4.69) is 35.0 Å². The van der Waals surface area contributed by atoms with Gasteiger partial charge in [0, 0.05) is 11.6 Å². The van der Waals surface area contributed by atoms with Crippen LogP contribution in [-0.4, -0.2) is 19.2 Å². The Balaban J connectivity index is 2.05. The van der Waals surface area contributed by atoms with Crippen molar-refractivity contribution in [2.24, 2.45) is 17.2 Å². The van der Waals surface area contributed by atoms with Gasteiger partial charge in [0.25, 0.3) is 0 Å². The first-order chi connectivity index (χ1) is 11.1. The smallest absolute Gasteiger partial charge is 0.332 e. The number of methoxy groups -OCH3 is 1. The normalized spacial score (nSPS) is 32.8. The highest BCUT2D eigenvalue weighted by Gasteiger charge is 2.56. The van der Waals surface area contributed by atoms with Gasteiger partial charge in [-0.1, -0.05) is 35.3 Å². The standard InChI is InChI=1S/C18H24BrNO3/c1-3-12-8-14(22-2)6-7-18(12)10-11-4-5-13(19)9-15(11)16(18)17(21)23-20/h4-5,9,12,14,16H,3,6-8,10,20H2,1-2H3/t12?,14-,16?,18-/m0/s1. The molecule has 3 rings (SSSR count). The fourth-order valence-electron chi connectivity index (χ4n) is 4.90. The molecular weight excluding hydrogens is 358 g/mol. The Labute approximate surface area is 145 Å². The Morgan fingerprint density at radius 2 is 2.26 bits per heavy atom. The molecule has 1 saturated carbocycles. The van der Waals surface area contributed by atoms with Crippen molar-refractivity contribution < 1.29 is 14.4 Å². The molecule has 1 aromatic rings. The third kappa shape index (κ3) is 2.73. The van der Waals surface area contributed by atoms with Crippen molar-refractivity contribution in [1.29, 1.82) is 0 Å². The minimum absolute atomic E-state index is 0.0939. The van der Waals surface area contributed by atoms with E-state index < -0.39 is 0 Å². The van der Waals surface area contributed by atoms with Gasteiger partial charge in [-0.25, -0.2) is 4.79 Å². The lowest BCUT2D eigenvalue weighted by Gasteiger charge is -2.46. The van der Waals surface area contributed by atoms with Gasteiger partial charge >= 0.3 is 5.97 Å². The summed E-state index contributed by atoms with van der Waals surface area (Å²) in [4.78, 5) is 17.3. The SMILES string of the molecule is CCC1C[C@@H](OC)CC[C@]12Cc1ccc(Br)cc1C2C(=O)ON. The van der Waals surface area contributed by atoms with Crippen molar-refractivity contribution in [3.05, 3.63) is 33.8 Å². The molecule has 0 bridgehead atoms. The third-order valence-corrected chi connectivity index (χ3v) is 6.48. The predicted molar refractivity (Wildman–Crippen MR) is 91.7 cm³/mol. The lowest BCUT2D eigenvalue weighted by molar-refractivity contribution is -0.152. The topological polar surface area (TPSA) is 61.5 Å². The Hall–Kier alpha value is -0.910.